The smallest absolute Gasteiger partial charge is 0.303 e. The number of nitrogens with one attached hydrogen (secondary N) is 1. The van der Waals surface area contributed by atoms with E-state index in [1.165, 1.54) is 6.20 Å². The summed E-state index contributed by atoms with van der Waals surface area (Å²) in [5, 5.41) is 14.8. The van der Waals surface area contributed by atoms with Crippen molar-refractivity contribution in [3.05, 3.63) is 11.1 Å². The van der Waals surface area contributed by atoms with Crippen molar-refractivity contribution < 1.29 is 14.7 Å². The largest absolute Gasteiger partial charge is 0.481 e. The van der Waals surface area contributed by atoms with Gasteiger partial charge in [-0.25, -0.2) is 0 Å². The van der Waals surface area contributed by atoms with Crippen molar-refractivity contribution in [2.75, 3.05) is 6.54 Å². The third-order valence-corrected chi connectivity index (χ3v) is 3.10. The van der Waals surface area contributed by atoms with Crippen molar-refractivity contribution in [1.29, 1.82) is 0 Å². The first-order chi connectivity index (χ1) is 8.70. The van der Waals surface area contributed by atoms with E-state index in [9.17, 15) is 9.59 Å². The van der Waals surface area contributed by atoms with Crippen LogP contribution in [0.3, 0.4) is 0 Å². The Morgan fingerprint density at radius 2 is 1.94 bits per heavy atom. The number of rotatable bonds is 9. The number of unbranched alkanes of at least 4 members (excludes halogenated alkanes) is 4. The Hall–Kier alpha value is -1.50. The van der Waals surface area contributed by atoms with E-state index in [2.05, 4.69) is 14.9 Å². The molecular weight excluding hydrogens is 254 g/mol. The molecule has 0 unspecified atom stereocenters. The summed E-state index contributed by atoms with van der Waals surface area (Å²) in [6, 6.07) is 0. The molecule has 1 aromatic rings. The SMILES string of the molecule is O=C(O)CCCCCCCNC(=O)c1cnns1. The van der Waals surface area contributed by atoms with E-state index in [4.69, 9.17) is 5.11 Å². The molecule has 0 fully saturated rings. The lowest BCUT2D eigenvalue weighted by Gasteiger charge is -2.02. The maximum Gasteiger partial charge on any atom is 0.303 e. The molecular formula is C11H17N3O3S. The van der Waals surface area contributed by atoms with Crippen LogP contribution in [0.1, 0.15) is 48.2 Å². The lowest BCUT2D eigenvalue weighted by molar-refractivity contribution is -0.137. The number of carbonyl (C=O) groups excluding carboxylic acids is 1. The van der Waals surface area contributed by atoms with Gasteiger partial charge in [-0.15, -0.1) is 5.10 Å². The Morgan fingerprint density at radius 1 is 1.22 bits per heavy atom. The van der Waals surface area contributed by atoms with Crippen LogP contribution in [-0.4, -0.2) is 33.1 Å². The van der Waals surface area contributed by atoms with Crippen LogP contribution in [0.4, 0.5) is 0 Å². The third kappa shape index (κ3) is 6.29. The van der Waals surface area contributed by atoms with Gasteiger partial charge < -0.3 is 10.4 Å². The number of amides is 1. The lowest BCUT2D eigenvalue weighted by atomic mass is 10.1. The molecule has 1 heterocycles. The second kappa shape index (κ2) is 8.57. The van der Waals surface area contributed by atoms with E-state index < -0.39 is 5.97 Å². The van der Waals surface area contributed by atoms with Gasteiger partial charge in [-0.1, -0.05) is 23.8 Å². The van der Waals surface area contributed by atoms with E-state index in [1.807, 2.05) is 0 Å². The van der Waals surface area contributed by atoms with E-state index in [0.29, 0.717) is 11.4 Å². The Balaban J connectivity index is 1.93. The van der Waals surface area contributed by atoms with Crippen molar-refractivity contribution in [3.63, 3.8) is 0 Å². The van der Waals surface area contributed by atoms with Gasteiger partial charge in [-0.3, -0.25) is 9.59 Å². The molecule has 1 amide bonds. The molecule has 18 heavy (non-hydrogen) atoms. The van der Waals surface area contributed by atoms with Gasteiger partial charge in [0.25, 0.3) is 5.91 Å². The van der Waals surface area contributed by atoms with Gasteiger partial charge in [0.1, 0.15) is 4.88 Å². The number of hydrogen-bond donors (Lipinski definition) is 2. The molecule has 1 aromatic heterocycles. The number of carboxylic acid groups (broad SMARTS) is 1. The van der Waals surface area contributed by atoms with Crippen LogP contribution in [0, 0.1) is 0 Å². The van der Waals surface area contributed by atoms with Gasteiger partial charge in [-0.05, 0) is 24.4 Å². The van der Waals surface area contributed by atoms with Gasteiger partial charge >= 0.3 is 5.97 Å². The van der Waals surface area contributed by atoms with Gasteiger partial charge in [0.05, 0.1) is 6.20 Å². The zero-order valence-electron chi connectivity index (χ0n) is 10.1. The topological polar surface area (TPSA) is 92.2 Å². The minimum atomic E-state index is -0.736. The molecule has 0 aliphatic rings. The number of nitrogens with zero attached hydrogens (tertiary/aromatic N) is 2. The minimum Gasteiger partial charge on any atom is -0.481 e. The predicted molar refractivity (Wildman–Crippen MR) is 67.6 cm³/mol. The van der Waals surface area contributed by atoms with Crippen LogP contribution < -0.4 is 5.32 Å². The Morgan fingerprint density at radius 3 is 2.61 bits per heavy atom. The second-order valence-corrected chi connectivity index (χ2v) is 4.73. The van der Waals surface area contributed by atoms with E-state index in [0.717, 1.165) is 43.6 Å². The zero-order chi connectivity index (χ0) is 13.2. The van der Waals surface area contributed by atoms with Crippen LogP contribution >= 0.6 is 11.5 Å². The summed E-state index contributed by atoms with van der Waals surface area (Å²) in [5.41, 5.74) is 0. The molecule has 0 bridgehead atoms. The minimum absolute atomic E-state index is 0.129. The molecule has 0 spiro atoms. The fraction of sp³-hybridized carbons (Fsp3) is 0.636. The summed E-state index contributed by atoms with van der Waals surface area (Å²) >= 11 is 1.08. The van der Waals surface area contributed by atoms with E-state index in [1.54, 1.807) is 0 Å². The van der Waals surface area contributed by atoms with Crippen LogP contribution in [0.5, 0.6) is 0 Å². The third-order valence-electron chi connectivity index (χ3n) is 2.44. The Labute approximate surface area is 110 Å². The Kier molecular flexibility index (Phi) is 6.93. The standard InChI is InChI=1S/C11H17N3O3S/c15-10(16)6-4-2-1-3-5-7-12-11(17)9-8-13-14-18-9/h8H,1-7H2,(H,12,17)(H,15,16). The summed E-state index contributed by atoms with van der Waals surface area (Å²) in [7, 11) is 0. The highest BCUT2D eigenvalue weighted by atomic mass is 32.1. The first kappa shape index (κ1) is 14.6. The first-order valence-corrected chi connectivity index (χ1v) is 6.75. The molecule has 100 valence electrons. The van der Waals surface area contributed by atoms with Crippen molar-refractivity contribution in [2.24, 2.45) is 0 Å². The molecule has 2 N–H and O–H groups in total. The van der Waals surface area contributed by atoms with Crippen molar-refractivity contribution in [2.45, 2.75) is 38.5 Å². The monoisotopic (exact) mass is 271 g/mol. The summed E-state index contributed by atoms with van der Waals surface area (Å²) < 4.78 is 3.62. The Bertz CT molecular complexity index is 368. The summed E-state index contributed by atoms with van der Waals surface area (Å²) in [6.45, 7) is 0.635. The fourth-order valence-corrected chi connectivity index (χ4v) is 1.92. The number of aromatic nitrogens is 2. The van der Waals surface area contributed by atoms with Crippen molar-refractivity contribution >= 4 is 23.4 Å². The van der Waals surface area contributed by atoms with Crippen LogP contribution in [0.2, 0.25) is 0 Å². The van der Waals surface area contributed by atoms with Gasteiger partial charge in [0.15, 0.2) is 0 Å². The van der Waals surface area contributed by atoms with Crippen LogP contribution in [0.25, 0.3) is 0 Å². The lowest BCUT2D eigenvalue weighted by Crippen LogP contribution is -2.23. The number of carbonyl (C=O) groups is 2. The molecule has 7 heteroatoms. The summed E-state index contributed by atoms with van der Waals surface area (Å²) in [4.78, 5) is 22.3. The maximum absolute atomic E-state index is 11.5. The molecule has 0 aliphatic heterocycles. The molecule has 0 saturated carbocycles. The summed E-state index contributed by atoms with van der Waals surface area (Å²) in [5.74, 6) is -0.865. The number of hydrogen-bond acceptors (Lipinski definition) is 5. The van der Waals surface area contributed by atoms with Crippen LogP contribution in [-0.2, 0) is 4.79 Å². The second-order valence-electron chi connectivity index (χ2n) is 3.95. The molecule has 0 atom stereocenters. The maximum atomic E-state index is 11.5. The highest BCUT2D eigenvalue weighted by Crippen LogP contribution is 2.05. The molecule has 0 saturated heterocycles. The molecule has 6 nitrogen and oxygen atoms in total. The van der Waals surface area contributed by atoms with Crippen molar-refractivity contribution in [3.8, 4) is 0 Å². The highest BCUT2D eigenvalue weighted by Gasteiger charge is 2.06. The van der Waals surface area contributed by atoms with Crippen LogP contribution in [0.15, 0.2) is 6.20 Å². The first-order valence-electron chi connectivity index (χ1n) is 5.97. The average molecular weight is 271 g/mol. The van der Waals surface area contributed by atoms with Gasteiger partial charge in [0, 0.05) is 13.0 Å². The summed E-state index contributed by atoms with van der Waals surface area (Å²) in [6.07, 6.45) is 6.27. The van der Waals surface area contributed by atoms with E-state index >= 15 is 0 Å². The number of carboxylic acids is 1. The van der Waals surface area contributed by atoms with E-state index in [-0.39, 0.29) is 12.3 Å². The molecule has 0 aliphatic carbocycles. The average Bonchev–Trinajstić information content (AvgIpc) is 2.85. The van der Waals surface area contributed by atoms with Gasteiger partial charge in [-0.2, -0.15) is 0 Å². The molecule has 0 aromatic carbocycles. The highest BCUT2D eigenvalue weighted by molar-refractivity contribution is 7.07. The van der Waals surface area contributed by atoms with Gasteiger partial charge in [0.2, 0.25) is 0 Å². The molecule has 1 rings (SSSR count). The predicted octanol–water partition coefficient (Wildman–Crippen LogP) is 1.69. The zero-order valence-corrected chi connectivity index (χ0v) is 10.9. The normalized spacial score (nSPS) is 10.2. The quantitative estimate of drug-likeness (QED) is 0.667. The molecule has 0 radical (unpaired) electrons. The fourth-order valence-electron chi connectivity index (χ4n) is 1.49. The van der Waals surface area contributed by atoms with Crippen molar-refractivity contribution in [1.82, 2.24) is 14.9 Å². The number of aliphatic carboxylic acids is 1.